The minimum absolute atomic E-state index is 0.00159. The van der Waals surface area contributed by atoms with Crippen molar-refractivity contribution in [2.24, 2.45) is 0 Å². The number of carbonyl (C=O) groups excluding carboxylic acids is 1. The molecule has 0 saturated heterocycles. The van der Waals surface area contributed by atoms with Gasteiger partial charge in [-0.1, -0.05) is 47.6 Å². The fourth-order valence-electron chi connectivity index (χ4n) is 2.50. The molecule has 29 heavy (non-hydrogen) atoms. The summed E-state index contributed by atoms with van der Waals surface area (Å²) >= 11 is 0. The average Bonchev–Trinajstić information content (AvgIpc) is 3.14. The van der Waals surface area contributed by atoms with Crippen LogP contribution < -0.4 is 5.32 Å². The van der Waals surface area contributed by atoms with Gasteiger partial charge in [-0.15, -0.1) is 5.10 Å². The van der Waals surface area contributed by atoms with Gasteiger partial charge in [0.1, 0.15) is 0 Å². The molecule has 0 atom stereocenters. The molecule has 150 valence electrons. The molecule has 0 aliphatic rings. The summed E-state index contributed by atoms with van der Waals surface area (Å²) in [6.07, 6.45) is 3.39. The van der Waals surface area contributed by atoms with E-state index in [1.165, 1.54) is 6.08 Å². The second-order valence-electron chi connectivity index (χ2n) is 6.65. The van der Waals surface area contributed by atoms with Gasteiger partial charge in [-0.2, -0.15) is 0 Å². The van der Waals surface area contributed by atoms with E-state index in [1.807, 2.05) is 30.3 Å². The molecule has 3 rings (SSSR count). The molecule has 0 bridgehead atoms. The first-order chi connectivity index (χ1) is 13.8. The van der Waals surface area contributed by atoms with Gasteiger partial charge in [0.05, 0.1) is 16.6 Å². The standard InChI is InChI=1S/C21H21N3O4S/c1-15(2)29(26,27)18-11-8-17(9-12-18)14-20-23-24-21(28-20)22-19(25)13-10-16-6-4-3-5-7-16/h3-13,15H,14H2,1-2H3,(H,22,24,25). The monoisotopic (exact) mass is 411 g/mol. The molecule has 0 aliphatic heterocycles. The highest BCUT2D eigenvalue weighted by molar-refractivity contribution is 7.92. The molecule has 1 amide bonds. The van der Waals surface area contributed by atoms with E-state index in [4.69, 9.17) is 4.42 Å². The summed E-state index contributed by atoms with van der Waals surface area (Å²) in [6, 6.07) is 16.0. The highest BCUT2D eigenvalue weighted by atomic mass is 32.2. The van der Waals surface area contributed by atoms with Gasteiger partial charge in [0.15, 0.2) is 9.84 Å². The Morgan fingerprint density at radius 1 is 1.07 bits per heavy atom. The van der Waals surface area contributed by atoms with Gasteiger partial charge in [-0.25, -0.2) is 8.42 Å². The predicted molar refractivity (Wildman–Crippen MR) is 110 cm³/mol. The third kappa shape index (κ3) is 5.39. The number of anilines is 1. The highest BCUT2D eigenvalue weighted by Crippen LogP contribution is 2.18. The number of benzene rings is 2. The number of sulfone groups is 1. The van der Waals surface area contributed by atoms with Crippen molar-refractivity contribution >= 4 is 27.8 Å². The molecular formula is C21H21N3O4S. The van der Waals surface area contributed by atoms with Gasteiger partial charge < -0.3 is 4.42 Å². The van der Waals surface area contributed by atoms with Crippen LogP contribution >= 0.6 is 0 Å². The van der Waals surface area contributed by atoms with E-state index >= 15 is 0 Å². The van der Waals surface area contributed by atoms with Crippen molar-refractivity contribution in [2.75, 3.05) is 5.32 Å². The predicted octanol–water partition coefficient (Wildman–Crippen LogP) is 3.49. The molecule has 1 aromatic heterocycles. The lowest BCUT2D eigenvalue weighted by Gasteiger charge is -2.08. The fourth-order valence-corrected chi connectivity index (χ4v) is 3.56. The van der Waals surface area contributed by atoms with Crippen LogP contribution in [0.1, 0.15) is 30.9 Å². The van der Waals surface area contributed by atoms with Crippen molar-refractivity contribution in [2.45, 2.75) is 30.4 Å². The van der Waals surface area contributed by atoms with Crippen molar-refractivity contribution < 1.29 is 17.6 Å². The van der Waals surface area contributed by atoms with Crippen molar-refractivity contribution in [3.8, 4) is 0 Å². The second-order valence-corrected chi connectivity index (χ2v) is 9.15. The fraction of sp³-hybridized carbons (Fsp3) is 0.190. The van der Waals surface area contributed by atoms with E-state index in [9.17, 15) is 13.2 Å². The number of amides is 1. The van der Waals surface area contributed by atoms with E-state index in [-0.39, 0.29) is 16.8 Å². The molecule has 0 aliphatic carbocycles. The van der Waals surface area contributed by atoms with Crippen molar-refractivity contribution in [1.82, 2.24) is 10.2 Å². The second kappa shape index (κ2) is 8.83. The van der Waals surface area contributed by atoms with Crippen LogP contribution in [0.25, 0.3) is 6.08 Å². The van der Waals surface area contributed by atoms with Crippen LogP contribution in [0.4, 0.5) is 6.01 Å². The summed E-state index contributed by atoms with van der Waals surface area (Å²) in [7, 11) is -3.31. The lowest BCUT2D eigenvalue weighted by molar-refractivity contribution is -0.112. The number of hydrogen-bond donors (Lipinski definition) is 1. The molecule has 0 fully saturated rings. The number of aromatic nitrogens is 2. The zero-order valence-electron chi connectivity index (χ0n) is 16.1. The van der Waals surface area contributed by atoms with Gasteiger partial charge in [0.25, 0.3) is 5.91 Å². The maximum Gasteiger partial charge on any atom is 0.322 e. The van der Waals surface area contributed by atoms with Crippen LogP contribution in [0.3, 0.4) is 0 Å². The van der Waals surface area contributed by atoms with E-state index < -0.39 is 15.1 Å². The zero-order valence-corrected chi connectivity index (χ0v) is 16.9. The number of nitrogens with zero attached hydrogens (tertiary/aromatic N) is 2. The van der Waals surface area contributed by atoms with E-state index in [0.29, 0.717) is 12.3 Å². The molecule has 3 aromatic rings. The zero-order chi connectivity index (χ0) is 20.9. The molecule has 2 aromatic carbocycles. The number of rotatable bonds is 7. The molecule has 7 nitrogen and oxygen atoms in total. The molecule has 0 spiro atoms. The van der Waals surface area contributed by atoms with Gasteiger partial charge in [0, 0.05) is 6.08 Å². The Morgan fingerprint density at radius 2 is 1.76 bits per heavy atom. The third-order valence-electron chi connectivity index (χ3n) is 4.15. The molecule has 1 heterocycles. The summed E-state index contributed by atoms with van der Waals surface area (Å²) in [6.45, 7) is 3.29. The molecule has 8 heteroatoms. The number of hydrogen-bond acceptors (Lipinski definition) is 6. The highest BCUT2D eigenvalue weighted by Gasteiger charge is 2.19. The molecule has 0 saturated carbocycles. The van der Waals surface area contributed by atoms with Crippen LogP contribution in [0.15, 0.2) is 70.0 Å². The first kappa shape index (κ1) is 20.5. The topological polar surface area (TPSA) is 102 Å². The lowest BCUT2D eigenvalue weighted by atomic mass is 10.1. The van der Waals surface area contributed by atoms with Crippen LogP contribution in [0, 0.1) is 0 Å². The minimum Gasteiger partial charge on any atom is -0.407 e. The minimum atomic E-state index is -3.31. The van der Waals surface area contributed by atoms with Gasteiger partial charge in [-0.3, -0.25) is 10.1 Å². The summed E-state index contributed by atoms with van der Waals surface area (Å²) < 4.78 is 29.8. The summed E-state index contributed by atoms with van der Waals surface area (Å²) in [5.74, 6) is -0.0703. The quantitative estimate of drug-likeness (QED) is 0.597. The largest absolute Gasteiger partial charge is 0.407 e. The Morgan fingerprint density at radius 3 is 2.41 bits per heavy atom. The summed E-state index contributed by atoms with van der Waals surface area (Å²) in [4.78, 5) is 12.2. The van der Waals surface area contributed by atoms with Crippen LogP contribution in [-0.2, 0) is 21.1 Å². The molecule has 0 radical (unpaired) electrons. The summed E-state index contributed by atoms with van der Waals surface area (Å²) in [5, 5.41) is 9.75. The lowest BCUT2D eigenvalue weighted by Crippen LogP contribution is -2.13. The smallest absolute Gasteiger partial charge is 0.322 e. The van der Waals surface area contributed by atoms with Gasteiger partial charge >= 0.3 is 6.01 Å². The first-order valence-corrected chi connectivity index (χ1v) is 10.6. The number of carbonyl (C=O) groups is 1. The maximum atomic E-state index is 12.2. The number of nitrogens with one attached hydrogen (secondary N) is 1. The Balaban J connectivity index is 1.60. The van der Waals surface area contributed by atoms with Crippen LogP contribution in [-0.4, -0.2) is 29.8 Å². The van der Waals surface area contributed by atoms with Crippen molar-refractivity contribution in [1.29, 1.82) is 0 Å². The van der Waals surface area contributed by atoms with Crippen molar-refractivity contribution in [3.05, 3.63) is 77.7 Å². The Bertz CT molecular complexity index is 1100. The average molecular weight is 411 g/mol. The SMILES string of the molecule is CC(C)S(=O)(=O)c1ccc(Cc2nnc(NC(=O)C=Cc3ccccc3)o2)cc1. The van der Waals surface area contributed by atoms with E-state index in [0.717, 1.165) is 11.1 Å². The Labute approximate surface area is 169 Å². The van der Waals surface area contributed by atoms with Crippen molar-refractivity contribution in [3.63, 3.8) is 0 Å². The molecule has 1 N–H and O–H groups in total. The molecular weight excluding hydrogens is 390 g/mol. The summed E-state index contributed by atoms with van der Waals surface area (Å²) in [5.41, 5.74) is 1.72. The van der Waals surface area contributed by atoms with Gasteiger partial charge in [0.2, 0.25) is 5.89 Å². The van der Waals surface area contributed by atoms with E-state index in [2.05, 4.69) is 15.5 Å². The first-order valence-electron chi connectivity index (χ1n) is 9.04. The van der Waals surface area contributed by atoms with Crippen LogP contribution in [0.5, 0.6) is 0 Å². The Kier molecular flexibility index (Phi) is 6.23. The third-order valence-corrected chi connectivity index (χ3v) is 6.32. The normalized spacial score (nSPS) is 11.8. The Hall–Kier alpha value is -3.26. The molecule has 0 unspecified atom stereocenters. The maximum absolute atomic E-state index is 12.2. The van der Waals surface area contributed by atoms with Gasteiger partial charge in [-0.05, 0) is 43.2 Å². The van der Waals surface area contributed by atoms with E-state index in [1.54, 1.807) is 44.2 Å². The van der Waals surface area contributed by atoms with Crippen LogP contribution in [0.2, 0.25) is 0 Å².